The smallest absolute Gasteiger partial charge is 0.316 e. The summed E-state index contributed by atoms with van der Waals surface area (Å²) in [6.45, 7) is 0.517. The van der Waals surface area contributed by atoms with Crippen LogP contribution in [-0.2, 0) is 11.4 Å². The molecule has 0 bridgehead atoms. The van der Waals surface area contributed by atoms with Gasteiger partial charge in [-0.25, -0.2) is 19.9 Å². The van der Waals surface area contributed by atoms with Gasteiger partial charge in [-0.15, -0.1) is 0 Å². The molecule has 0 amide bonds. The Morgan fingerprint density at radius 3 is 2.66 bits per heavy atom. The van der Waals surface area contributed by atoms with E-state index < -0.39 is 11.4 Å². The highest BCUT2D eigenvalue weighted by Gasteiger charge is 2.36. The van der Waals surface area contributed by atoms with E-state index >= 15 is 0 Å². The zero-order valence-corrected chi connectivity index (χ0v) is 18.3. The van der Waals surface area contributed by atoms with Crippen LogP contribution in [0.5, 0.6) is 23.4 Å². The molecule has 32 heavy (non-hydrogen) atoms. The Kier molecular flexibility index (Phi) is 6.02. The summed E-state index contributed by atoms with van der Waals surface area (Å²) in [5.74, 6) is 1.99. The summed E-state index contributed by atoms with van der Waals surface area (Å²) >= 11 is 4.53. The van der Waals surface area contributed by atoms with E-state index in [0.29, 0.717) is 33.8 Å². The minimum Gasteiger partial charge on any atom is -0.593 e. The van der Waals surface area contributed by atoms with Gasteiger partial charge >= 0.3 is 6.01 Å². The lowest BCUT2D eigenvalue weighted by Crippen LogP contribution is -2.19. The average Bonchev–Trinajstić information content (AvgIpc) is 3.55. The number of rotatable bonds is 9. The topological polar surface area (TPSA) is 124 Å². The van der Waals surface area contributed by atoms with Crippen LogP contribution in [0, 0.1) is 0 Å². The van der Waals surface area contributed by atoms with Crippen molar-refractivity contribution < 1.29 is 23.5 Å². The van der Waals surface area contributed by atoms with Crippen LogP contribution in [0.1, 0.15) is 12.8 Å². The van der Waals surface area contributed by atoms with E-state index in [1.54, 1.807) is 6.07 Å². The Balaban J connectivity index is 1.36. The van der Waals surface area contributed by atoms with Crippen LogP contribution in [-0.4, -0.2) is 49.7 Å². The molecule has 1 fully saturated rings. The summed E-state index contributed by atoms with van der Waals surface area (Å²) in [7, 11) is 0. The highest BCUT2D eigenvalue weighted by atomic mass is 35.5. The third-order valence-electron chi connectivity index (χ3n) is 4.65. The maximum absolute atomic E-state index is 12.5. The SMILES string of the molecule is [O-][S+](Nc1ncnc(OCCOc2ncc(Cl)cn2)c1-c1ccc2c(c1)OCO2)C1CC1. The molecule has 1 saturated carbocycles. The molecular weight excluding hydrogens is 458 g/mol. The lowest BCUT2D eigenvalue weighted by atomic mass is 10.1. The molecular formula is C20H18ClN5O5S. The predicted octanol–water partition coefficient (Wildman–Crippen LogP) is 3.01. The molecule has 1 atom stereocenters. The molecule has 3 aromatic rings. The summed E-state index contributed by atoms with van der Waals surface area (Å²) in [6, 6.07) is 5.66. The van der Waals surface area contributed by atoms with Crippen LogP contribution < -0.4 is 23.7 Å². The van der Waals surface area contributed by atoms with E-state index in [1.807, 2.05) is 12.1 Å². The molecule has 0 saturated heterocycles. The lowest BCUT2D eigenvalue weighted by molar-refractivity contribution is 0.174. The molecule has 12 heteroatoms. The van der Waals surface area contributed by atoms with Crippen molar-refractivity contribution in [3.63, 3.8) is 0 Å². The van der Waals surface area contributed by atoms with Crippen LogP contribution in [0.25, 0.3) is 11.1 Å². The molecule has 10 nitrogen and oxygen atoms in total. The number of benzene rings is 1. The second-order valence-electron chi connectivity index (χ2n) is 6.95. The van der Waals surface area contributed by atoms with Crippen molar-refractivity contribution >= 4 is 28.8 Å². The fraction of sp³-hybridized carbons (Fsp3) is 0.300. The summed E-state index contributed by atoms with van der Waals surface area (Å²) in [4.78, 5) is 16.5. The number of nitrogens with zero attached hydrogens (tertiary/aromatic N) is 4. The number of anilines is 1. The van der Waals surface area contributed by atoms with Gasteiger partial charge < -0.3 is 23.5 Å². The lowest BCUT2D eigenvalue weighted by Gasteiger charge is -2.16. The van der Waals surface area contributed by atoms with E-state index in [2.05, 4.69) is 24.7 Å². The molecule has 166 valence electrons. The van der Waals surface area contributed by atoms with E-state index in [0.717, 1.165) is 18.4 Å². The van der Waals surface area contributed by atoms with Gasteiger partial charge in [-0.1, -0.05) is 17.7 Å². The quantitative estimate of drug-likeness (QED) is 0.364. The summed E-state index contributed by atoms with van der Waals surface area (Å²) in [6.07, 6.45) is 6.12. The maximum atomic E-state index is 12.5. The molecule has 5 rings (SSSR count). The Morgan fingerprint density at radius 2 is 1.84 bits per heavy atom. The van der Waals surface area contributed by atoms with Crippen molar-refractivity contribution in [1.82, 2.24) is 19.9 Å². The van der Waals surface area contributed by atoms with E-state index in [1.165, 1.54) is 18.7 Å². The van der Waals surface area contributed by atoms with Gasteiger partial charge in [0.2, 0.25) is 12.7 Å². The van der Waals surface area contributed by atoms with Gasteiger partial charge in [0, 0.05) is 12.8 Å². The van der Waals surface area contributed by atoms with Crippen LogP contribution in [0.2, 0.25) is 5.02 Å². The van der Waals surface area contributed by atoms with Gasteiger partial charge in [-0.05, 0) is 17.7 Å². The number of aromatic nitrogens is 4. The fourth-order valence-corrected chi connectivity index (χ4v) is 4.15. The first-order chi connectivity index (χ1) is 15.7. The van der Waals surface area contributed by atoms with Crippen molar-refractivity contribution in [2.24, 2.45) is 0 Å². The van der Waals surface area contributed by atoms with Crippen molar-refractivity contribution in [2.75, 3.05) is 24.7 Å². The summed E-state index contributed by atoms with van der Waals surface area (Å²) < 4.78 is 37.8. The zero-order valence-electron chi connectivity index (χ0n) is 16.7. The van der Waals surface area contributed by atoms with Crippen LogP contribution in [0.15, 0.2) is 36.9 Å². The molecule has 2 aromatic heterocycles. The molecule has 2 aliphatic rings. The minimum absolute atomic E-state index is 0.131. The Morgan fingerprint density at radius 1 is 1.06 bits per heavy atom. The van der Waals surface area contributed by atoms with Gasteiger partial charge in [0.1, 0.15) is 24.8 Å². The van der Waals surface area contributed by atoms with Crippen LogP contribution >= 0.6 is 11.6 Å². The Hall–Kier alpha value is -3.02. The predicted molar refractivity (Wildman–Crippen MR) is 116 cm³/mol. The average molecular weight is 476 g/mol. The third kappa shape index (κ3) is 4.74. The van der Waals surface area contributed by atoms with Gasteiger partial charge in [0.25, 0.3) is 0 Å². The van der Waals surface area contributed by atoms with E-state index in [4.69, 9.17) is 30.5 Å². The monoisotopic (exact) mass is 475 g/mol. The molecule has 1 aliphatic heterocycles. The third-order valence-corrected chi connectivity index (χ3v) is 6.31. The minimum atomic E-state index is -1.24. The largest absolute Gasteiger partial charge is 0.593 e. The summed E-state index contributed by atoms with van der Waals surface area (Å²) in [5.41, 5.74) is 1.31. The Bertz CT molecular complexity index is 1100. The van der Waals surface area contributed by atoms with Crippen molar-refractivity contribution in [2.45, 2.75) is 18.1 Å². The van der Waals surface area contributed by atoms with Crippen molar-refractivity contribution in [3.05, 3.63) is 41.9 Å². The van der Waals surface area contributed by atoms with Crippen molar-refractivity contribution in [1.29, 1.82) is 0 Å². The number of hydrogen-bond donors (Lipinski definition) is 1. The zero-order chi connectivity index (χ0) is 21.9. The molecule has 3 heterocycles. The number of fused-ring (bicyclic) bond motifs is 1. The van der Waals surface area contributed by atoms with E-state index in [9.17, 15) is 4.55 Å². The normalized spacial score (nSPS) is 15.3. The second kappa shape index (κ2) is 9.23. The first kappa shape index (κ1) is 20.9. The maximum Gasteiger partial charge on any atom is 0.316 e. The van der Waals surface area contributed by atoms with Gasteiger partial charge in [-0.3, -0.25) is 0 Å². The standard InChI is InChI=1S/C20H18ClN5O5S/c21-13-8-22-20(23-9-13)29-6-5-28-19-17(12-1-4-15-16(7-12)31-11-30-15)18(24-10-25-19)26-32(27)14-2-3-14/h1,4,7-10,14H,2-3,5-6,11H2,(H,24,25,26). The number of ether oxygens (including phenoxy) is 4. The highest BCUT2D eigenvalue weighted by molar-refractivity contribution is 7.93. The molecule has 0 spiro atoms. The number of hydrogen-bond acceptors (Lipinski definition) is 10. The molecule has 1 aromatic carbocycles. The molecule has 1 aliphatic carbocycles. The molecule has 0 radical (unpaired) electrons. The van der Waals surface area contributed by atoms with Crippen LogP contribution in [0.3, 0.4) is 0 Å². The van der Waals surface area contributed by atoms with Gasteiger partial charge in [0.15, 0.2) is 17.3 Å². The van der Waals surface area contributed by atoms with Gasteiger partial charge in [0.05, 0.1) is 34.3 Å². The fourth-order valence-electron chi connectivity index (χ4n) is 2.98. The first-order valence-electron chi connectivity index (χ1n) is 9.83. The van der Waals surface area contributed by atoms with Gasteiger partial charge in [-0.2, -0.15) is 4.72 Å². The number of halogens is 1. The Labute approximate surface area is 191 Å². The molecule has 1 unspecified atom stereocenters. The highest BCUT2D eigenvalue weighted by Crippen LogP contribution is 2.41. The number of nitrogens with one attached hydrogen (secondary N) is 1. The van der Waals surface area contributed by atoms with Crippen molar-refractivity contribution in [3.8, 4) is 34.5 Å². The molecule has 1 N–H and O–H groups in total. The summed E-state index contributed by atoms with van der Waals surface area (Å²) in [5, 5.41) is 0.554. The first-order valence-corrected chi connectivity index (χ1v) is 11.4. The van der Waals surface area contributed by atoms with Crippen LogP contribution in [0.4, 0.5) is 5.82 Å². The second-order valence-corrected chi connectivity index (χ2v) is 8.85. The van der Waals surface area contributed by atoms with E-state index in [-0.39, 0.29) is 31.3 Å².